The van der Waals surface area contributed by atoms with Crippen LogP contribution in [0.4, 0.5) is 13.2 Å². The zero-order chi connectivity index (χ0) is 12.3. The second kappa shape index (κ2) is 4.56. The van der Waals surface area contributed by atoms with Crippen molar-refractivity contribution >= 4 is 10.0 Å². The Morgan fingerprint density at radius 1 is 1.47 bits per heavy atom. The van der Waals surface area contributed by atoms with Gasteiger partial charge in [0, 0.05) is 25.1 Å². The highest BCUT2D eigenvalue weighted by Gasteiger charge is 2.49. The van der Waals surface area contributed by atoms with Gasteiger partial charge in [0.05, 0.1) is 0 Å². The Morgan fingerprint density at radius 2 is 1.93 bits per heavy atom. The van der Waals surface area contributed by atoms with Crippen LogP contribution in [0.25, 0.3) is 0 Å². The van der Waals surface area contributed by atoms with Crippen molar-refractivity contribution in [3.05, 3.63) is 24.7 Å². The minimum Gasteiger partial charge on any atom is -0.393 e. The summed E-state index contributed by atoms with van der Waals surface area (Å²) in [5, 5.41) is 2.38. The molecule has 0 rings (SSSR count). The van der Waals surface area contributed by atoms with Gasteiger partial charge in [-0.1, -0.05) is 6.58 Å². The largest absolute Gasteiger partial charge is 0.517 e. The highest BCUT2D eigenvalue weighted by atomic mass is 32.2. The quantitative estimate of drug-likeness (QED) is 0.812. The van der Waals surface area contributed by atoms with E-state index in [9.17, 15) is 21.6 Å². The molecule has 0 heterocycles. The van der Waals surface area contributed by atoms with Crippen LogP contribution in [0.3, 0.4) is 0 Å². The van der Waals surface area contributed by atoms with Crippen LogP contribution in [0.5, 0.6) is 0 Å². The first-order valence-electron chi connectivity index (χ1n) is 3.74. The Balaban J connectivity index is 5.29. The van der Waals surface area contributed by atoms with Crippen LogP contribution >= 0.6 is 0 Å². The van der Waals surface area contributed by atoms with E-state index in [0.29, 0.717) is 0 Å². The van der Waals surface area contributed by atoms with E-state index in [-0.39, 0.29) is 10.0 Å². The molecule has 0 saturated carbocycles. The lowest BCUT2D eigenvalue weighted by molar-refractivity contribution is -0.0470. The van der Waals surface area contributed by atoms with Gasteiger partial charge in [0.15, 0.2) is 0 Å². The Bertz CT molecular complexity index is 359. The Labute approximate surface area is 86.1 Å². The van der Waals surface area contributed by atoms with Gasteiger partial charge < -0.3 is 5.32 Å². The van der Waals surface area contributed by atoms with Crippen LogP contribution in [0.1, 0.15) is 6.92 Å². The van der Waals surface area contributed by atoms with Gasteiger partial charge in [0.1, 0.15) is 0 Å². The number of nitrogens with one attached hydrogen (secondary N) is 1. The highest BCUT2D eigenvalue weighted by molar-refractivity contribution is 7.90. The molecule has 0 amide bonds. The van der Waals surface area contributed by atoms with Gasteiger partial charge >= 0.3 is 15.5 Å². The molecule has 0 fully saturated rings. The molecule has 0 bridgehead atoms. The number of sulfonamides is 1. The van der Waals surface area contributed by atoms with Gasteiger partial charge in [-0.05, 0) is 6.92 Å². The molecule has 8 heteroatoms. The van der Waals surface area contributed by atoms with E-state index in [1.54, 1.807) is 0 Å². The molecule has 1 N–H and O–H groups in total. The Hall–Kier alpha value is -1.18. The lowest BCUT2D eigenvalue weighted by Crippen LogP contribution is -2.36. The Kier molecular flexibility index (Phi) is 4.20. The second-order valence-electron chi connectivity index (χ2n) is 2.59. The number of alkyl halides is 3. The molecule has 88 valence electrons. The van der Waals surface area contributed by atoms with E-state index in [1.165, 1.54) is 7.05 Å². The zero-order valence-electron chi connectivity index (χ0n) is 8.17. The summed E-state index contributed by atoms with van der Waals surface area (Å²) in [6.07, 6.45) is 1.79. The summed E-state index contributed by atoms with van der Waals surface area (Å²) >= 11 is 0. The van der Waals surface area contributed by atoms with Crippen molar-refractivity contribution in [2.75, 3.05) is 7.05 Å². The molecule has 0 aliphatic rings. The highest BCUT2D eigenvalue weighted by Crippen LogP contribution is 2.28. The first kappa shape index (κ1) is 13.8. The van der Waals surface area contributed by atoms with Gasteiger partial charge in [0.25, 0.3) is 0 Å². The molecule has 0 unspecified atom stereocenters. The number of nitrogens with zero attached hydrogens (tertiary/aromatic N) is 1. The standard InChI is InChI=1S/C7H11F3N2O2S/c1-6(2)12(5-4-11-3)15(13,14)7(8,9)10/h4-5,11H,1H2,2-3H3/b5-4-. The zero-order valence-corrected chi connectivity index (χ0v) is 8.98. The number of hydrogen-bond acceptors (Lipinski definition) is 3. The molecule has 15 heavy (non-hydrogen) atoms. The minimum atomic E-state index is -5.40. The van der Waals surface area contributed by atoms with Gasteiger partial charge in [-0.2, -0.15) is 21.6 Å². The molecule has 0 radical (unpaired) electrons. The summed E-state index contributed by atoms with van der Waals surface area (Å²) in [6.45, 7) is 4.31. The Morgan fingerprint density at radius 3 is 2.20 bits per heavy atom. The molecule has 0 spiro atoms. The smallest absolute Gasteiger partial charge is 0.393 e. The molecule has 0 aromatic rings. The fourth-order valence-electron chi connectivity index (χ4n) is 0.666. The first-order chi connectivity index (χ1) is 6.64. The van der Waals surface area contributed by atoms with Crippen LogP contribution in [-0.2, 0) is 10.0 Å². The van der Waals surface area contributed by atoms with E-state index in [4.69, 9.17) is 0 Å². The van der Waals surface area contributed by atoms with Crippen molar-refractivity contribution in [1.82, 2.24) is 9.62 Å². The third-order valence-corrected chi connectivity index (χ3v) is 2.84. The molecule has 0 saturated heterocycles. The van der Waals surface area contributed by atoms with Crippen molar-refractivity contribution < 1.29 is 21.6 Å². The normalized spacial score (nSPS) is 12.9. The third-order valence-electron chi connectivity index (χ3n) is 1.30. The predicted octanol–water partition coefficient (Wildman–Crippen LogP) is 1.36. The molecular formula is C7H11F3N2O2S. The first-order valence-corrected chi connectivity index (χ1v) is 5.18. The predicted molar refractivity (Wildman–Crippen MR) is 49.8 cm³/mol. The average molecular weight is 244 g/mol. The van der Waals surface area contributed by atoms with E-state index < -0.39 is 15.5 Å². The van der Waals surface area contributed by atoms with Crippen molar-refractivity contribution in [3.63, 3.8) is 0 Å². The van der Waals surface area contributed by atoms with Crippen molar-refractivity contribution in [3.8, 4) is 0 Å². The molecular weight excluding hydrogens is 233 g/mol. The monoisotopic (exact) mass is 244 g/mol. The summed E-state index contributed by atoms with van der Waals surface area (Å²) in [5.74, 6) is 0. The SMILES string of the molecule is C=C(C)N(/C=C\NC)S(=O)(=O)C(F)(F)F. The minimum absolute atomic E-state index is 0.0590. The maximum Gasteiger partial charge on any atom is 0.517 e. The van der Waals surface area contributed by atoms with Crippen LogP contribution in [0, 0.1) is 0 Å². The van der Waals surface area contributed by atoms with Crippen molar-refractivity contribution in [2.45, 2.75) is 12.4 Å². The summed E-state index contributed by atoms with van der Waals surface area (Å²) in [5.41, 5.74) is -5.59. The lowest BCUT2D eigenvalue weighted by Gasteiger charge is -2.21. The van der Waals surface area contributed by atoms with Crippen LogP contribution in [-0.4, -0.2) is 25.3 Å². The van der Waals surface area contributed by atoms with E-state index in [1.807, 2.05) is 0 Å². The number of hydrogen-bond donors (Lipinski definition) is 1. The van der Waals surface area contributed by atoms with Crippen molar-refractivity contribution in [1.29, 1.82) is 0 Å². The number of allylic oxidation sites excluding steroid dienone is 1. The van der Waals surface area contributed by atoms with E-state index >= 15 is 0 Å². The molecule has 0 aliphatic carbocycles. The molecule has 0 atom stereocenters. The van der Waals surface area contributed by atoms with Gasteiger partial charge in [0.2, 0.25) is 0 Å². The third kappa shape index (κ3) is 3.15. The van der Waals surface area contributed by atoms with Gasteiger partial charge in [-0.3, -0.25) is 0 Å². The average Bonchev–Trinajstić information content (AvgIpc) is 2.01. The molecule has 0 aromatic heterocycles. The van der Waals surface area contributed by atoms with Crippen molar-refractivity contribution in [2.24, 2.45) is 0 Å². The van der Waals surface area contributed by atoms with Crippen LogP contribution in [0.15, 0.2) is 24.7 Å². The lowest BCUT2D eigenvalue weighted by atomic mass is 10.6. The van der Waals surface area contributed by atoms with Gasteiger partial charge in [-0.15, -0.1) is 0 Å². The fourth-order valence-corrected chi connectivity index (χ4v) is 1.52. The van der Waals surface area contributed by atoms with Crippen LogP contribution in [0.2, 0.25) is 0 Å². The van der Waals surface area contributed by atoms with Crippen LogP contribution < -0.4 is 5.32 Å². The molecule has 0 aromatic carbocycles. The van der Waals surface area contributed by atoms with E-state index in [2.05, 4.69) is 11.9 Å². The molecule has 4 nitrogen and oxygen atoms in total. The fraction of sp³-hybridized carbons (Fsp3) is 0.429. The molecule has 0 aliphatic heterocycles. The van der Waals surface area contributed by atoms with Gasteiger partial charge in [-0.25, -0.2) is 4.31 Å². The summed E-state index contributed by atoms with van der Waals surface area (Å²) in [6, 6.07) is 0. The second-order valence-corrected chi connectivity index (χ2v) is 4.39. The number of rotatable bonds is 4. The summed E-state index contributed by atoms with van der Waals surface area (Å²) in [7, 11) is -3.98. The maximum atomic E-state index is 12.1. The summed E-state index contributed by atoms with van der Waals surface area (Å²) < 4.78 is 58.4. The number of halogens is 3. The summed E-state index contributed by atoms with van der Waals surface area (Å²) in [4.78, 5) is 0. The maximum absolute atomic E-state index is 12.1. The van der Waals surface area contributed by atoms with E-state index in [0.717, 1.165) is 19.3 Å². The topological polar surface area (TPSA) is 49.4 Å².